The van der Waals surface area contributed by atoms with Crippen LogP contribution in [0.15, 0.2) is 6.07 Å². The van der Waals surface area contributed by atoms with Crippen molar-refractivity contribution >= 4 is 5.97 Å². The van der Waals surface area contributed by atoms with E-state index in [0.717, 1.165) is 0 Å². The molecule has 1 unspecified atom stereocenters. The molecule has 0 aliphatic carbocycles. The standard InChI is InChI=1S/C17H24O10/c1-20-8-23-13-7-11(17(18)19)14(12-5-4-6-26-27-12)16(25-10-22-3)15(13)24-9-21-2/h7,12H,4-6,8-10H2,1-3H3,(H,18,19). The third kappa shape index (κ3) is 5.44. The van der Waals surface area contributed by atoms with Gasteiger partial charge in [-0.25, -0.2) is 14.6 Å². The van der Waals surface area contributed by atoms with Crippen LogP contribution in [-0.2, 0) is 24.0 Å². The molecule has 0 bridgehead atoms. The van der Waals surface area contributed by atoms with E-state index in [1.165, 1.54) is 27.4 Å². The Morgan fingerprint density at radius 1 is 1.07 bits per heavy atom. The highest BCUT2D eigenvalue weighted by atomic mass is 17.2. The summed E-state index contributed by atoms with van der Waals surface area (Å²) in [7, 11) is 4.34. The summed E-state index contributed by atoms with van der Waals surface area (Å²) in [5.41, 5.74) is 0.211. The number of aromatic carboxylic acids is 1. The van der Waals surface area contributed by atoms with Gasteiger partial charge in [-0.1, -0.05) is 0 Å². The Hall–Kier alpha value is -2.11. The monoisotopic (exact) mass is 388 g/mol. The van der Waals surface area contributed by atoms with Crippen LogP contribution in [0.4, 0.5) is 0 Å². The second kappa shape index (κ2) is 10.9. The van der Waals surface area contributed by atoms with E-state index in [2.05, 4.69) is 0 Å². The first-order valence-electron chi connectivity index (χ1n) is 8.21. The van der Waals surface area contributed by atoms with Crippen molar-refractivity contribution in [2.75, 3.05) is 48.3 Å². The van der Waals surface area contributed by atoms with Crippen molar-refractivity contribution in [3.63, 3.8) is 0 Å². The zero-order valence-electron chi connectivity index (χ0n) is 15.5. The van der Waals surface area contributed by atoms with Crippen LogP contribution in [0.2, 0.25) is 0 Å². The van der Waals surface area contributed by atoms with E-state index >= 15 is 0 Å². The minimum atomic E-state index is -1.18. The van der Waals surface area contributed by atoms with Gasteiger partial charge in [-0.05, 0) is 18.9 Å². The molecule has 1 fully saturated rings. The Balaban J connectivity index is 2.62. The molecule has 10 nitrogen and oxygen atoms in total. The van der Waals surface area contributed by atoms with Crippen molar-refractivity contribution in [1.82, 2.24) is 0 Å². The Morgan fingerprint density at radius 3 is 2.26 bits per heavy atom. The summed E-state index contributed by atoms with van der Waals surface area (Å²) < 4.78 is 31.6. The smallest absolute Gasteiger partial charge is 0.336 e. The lowest BCUT2D eigenvalue weighted by molar-refractivity contribution is -0.348. The third-order valence-corrected chi connectivity index (χ3v) is 3.65. The molecule has 1 atom stereocenters. The van der Waals surface area contributed by atoms with E-state index in [1.807, 2.05) is 0 Å². The molecule has 10 heteroatoms. The Labute approximate surface area is 156 Å². The second-order valence-corrected chi connectivity index (χ2v) is 5.50. The van der Waals surface area contributed by atoms with Crippen LogP contribution in [-0.4, -0.2) is 59.4 Å². The maximum absolute atomic E-state index is 11.9. The van der Waals surface area contributed by atoms with Gasteiger partial charge in [0.15, 0.2) is 31.9 Å². The molecule has 1 saturated heterocycles. The van der Waals surface area contributed by atoms with Crippen LogP contribution in [0.3, 0.4) is 0 Å². The lowest BCUT2D eigenvalue weighted by Crippen LogP contribution is -2.19. The second-order valence-electron chi connectivity index (χ2n) is 5.50. The van der Waals surface area contributed by atoms with Gasteiger partial charge >= 0.3 is 5.97 Å². The fourth-order valence-electron chi connectivity index (χ4n) is 2.57. The zero-order valence-corrected chi connectivity index (χ0v) is 15.5. The van der Waals surface area contributed by atoms with E-state index in [-0.39, 0.29) is 48.8 Å². The molecule has 27 heavy (non-hydrogen) atoms. The molecule has 0 radical (unpaired) electrons. The molecular formula is C17H24O10. The van der Waals surface area contributed by atoms with E-state index in [1.54, 1.807) is 0 Å². The topological polar surface area (TPSA) is 111 Å². The predicted molar refractivity (Wildman–Crippen MR) is 89.9 cm³/mol. The first-order valence-corrected chi connectivity index (χ1v) is 8.21. The van der Waals surface area contributed by atoms with Crippen LogP contribution in [0.5, 0.6) is 17.2 Å². The van der Waals surface area contributed by atoms with E-state index in [9.17, 15) is 9.90 Å². The lowest BCUT2D eigenvalue weighted by atomic mass is 9.96. The summed E-state index contributed by atoms with van der Waals surface area (Å²) in [5, 5.41) is 9.73. The number of carboxylic acids is 1. The molecule has 1 N–H and O–H groups in total. The fraction of sp³-hybridized carbons (Fsp3) is 0.588. The number of hydrogen-bond donors (Lipinski definition) is 1. The van der Waals surface area contributed by atoms with Gasteiger partial charge in [-0.15, -0.1) is 0 Å². The quantitative estimate of drug-likeness (QED) is 0.447. The summed E-state index contributed by atoms with van der Waals surface area (Å²) in [6.07, 6.45) is 0.591. The molecule has 0 spiro atoms. The normalized spacial score (nSPS) is 16.8. The van der Waals surface area contributed by atoms with E-state index < -0.39 is 12.1 Å². The van der Waals surface area contributed by atoms with Crippen molar-refractivity contribution in [3.05, 3.63) is 17.2 Å². The number of carboxylic acid groups (broad SMARTS) is 1. The van der Waals surface area contributed by atoms with Crippen molar-refractivity contribution in [2.24, 2.45) is 0 Å². The molecule has 1 aliphatic rings. The number of methoxy groups -OCH3 is 3. The van der Waals surface area contributed by atoms with Crippen LogP contribution in [0.25, 0.3) is 0 Å². The molecule has 0 saturated carbocycles. The van der Waals surface area contributed by atoms with Crippen LogP contribution < -0.4 is 14.2 Å². The summed E-state index contributed by atoms with van der Waals surface area (Å²) in [4.78, 5) is 22.3. The summed E-state index contributed by atoms with van der Waals surface area (Å²) in [6, 6.07) is 1.33. The van der Waals surface area contributed by atoms with E-state index in [4.69, 9.17) is 38.2 Å². The van der Waals surface area contributed by atoms with Gasteiger partial charge in [0.2, 0.25) is 5.75 Å². The Bertz CT molecular complexity index is 612. The molecule has 1 heterocycles. The Kier molecular flexibility index (Phi) is 8.55. The van der Waals surface area contributed by atoms with Crippen LogP contribution in [0, 0.1) is 0 Å². The lowest BCUT2D eigenvalue weighted by Gasteiger charge is -2.27. The van der Waals surface area contributed by atoms with Gasteiger partial charge in [0, 0.05) is 26.9 Å². The highest BCUT2D eigenvalue weighted by Crippen LogP contribution is 2.47. The molecule has 1 aromatic rings. The van der Waals surface area contributed by atoms with Crippen molar-refractivity contribution in [3.8, 4) is 17.2 Å². The van der Waals surface area contributed by atoms with Crippen molar-refractivity contribution < 1.29 is 48.1 Å². The molecule has 0 aromatic heterocycles. The number of carbonyl (C=O) groups is 1. The predicted octanol–water partition coefficient (Wildman–Crippen LogP) is 2.12. The van der Waals surface area contributed by atoms with Gasteiger partial charge in [0.1, 0.15) is 6.10 Å². The van der Waals surface area contributed by atoms with Gasteiger partial charge in [-0.3, -0.25) is 0 Å². The highest BCUT2D eigenvalue weighted by molar-refractivity contribution is 5.92. The summed E-state index contributed by atoms with van der Waals surface area (Å²) in [6.45, 7) is 0.0566. The minimum absolute atomic E-state index is 0.0625. The van der Waals surface area contributed by atoms with Gasteiger partial charge in [0.05, 0.1) is 12.2 Å². The summed E-state index contributed by atoms with van der Waals surface area (Å²) in [5.74, 6) is -0.782. The molecule has 152 valence electrons. The third-order valence-electron chi connectivity index (χ3n) is 3.65. The maximum atomic E-state index is 11.9. The van der Waals surface area contributed by atoms with Crippen molar-refractivity contribution in [2.45, 2.75) is 18.9 Å². The first-order chi connectivity index (χ1) is 13.1. The van der Waals surface area contributed by atoms with Crippen LogP contribution >= 0.6 is 0 Å². The average Bonchev–Trinajstić information content (AvgIpc) is 2.69. The van der Waals surface area contributed by atoms with E-state index in [0.29, 0.717) is 19.4 Å². The molecule has 1 aliphatic heterocycles. The van der Waals surface area contributed by atoms with Crippen LogP contribution in [0.1, 0.15) is 34.9 Å². The molecular weight excluding hydrogens is 364 g/mol. The average molecular weight is 388 g/mol. The number of rotatable bonds is 11. The summed E-state index contributed by atoms with van der Waals surface area (Å²) >= 11 is 0. The number of hydrogen-bond acceptors (Lipinski definition) is 9. The largest absolute Gasteiger partial charge is 0.478 e. The first kappa shape index (κ1) is 21.2. The van der Waals surface area contributed by atoms with Gasteiger partial charge in [0.25, 0.3) is 0 Å². The zero-order chi connectivity index (χ0) is 19.6. The van der Waals surface area contributed by atoms with Gasteiger partial charge in [-0.2, -0.15) is 0 Å². The van der Waals surface area contributed by atoms with Crippen molar-refractivity contribution in [1.29, 1.82) is 0 Å². The van der Waals surface area contributed by atoms with Gasteiger partial charge < -0.3 is 33.5 Å². The minimum Gasteiger partial charge on any atom is -0.478 e. The Morgan fingerprint density at radius 2 is 1.70 bits per heavy atom. The molecule has 0 amide bonds. The number of benzene rings is 1. The molecule has 2 rings (SSSR count). The number of ether oxygens (including phenoxy) is 6. The SMILES string of the molecule is COCOc1cc(C(=O)O)c(C2CCCOO2)c(OCOC)c1OCOC. The fourth-order valence-corrected chi connectivity index (χ4v) is 2.57. The maximum Gasteiger partial charge on any atom is 0.336 e. The highest BCUT2D eigenvalue weighted by Gasteiger charge is 2.32. The molecule has 1 aromatic carbocycles.